The minimum Gasteiger partial charge on any atom is -0.352 e. The molecule has 1 aliphatic heterocycles. The first-order valence-electron chi connectivity index (χ1n) is 6.93. The molecule has 100 valence electrons. The van der Waals surface area contributed by atoms with Crippen molar-refractivity contribution in [3.05, 3.63) is 6.20 Å². The van der Waals surface area contributed by atoms with Crippen molar-refractivity contribution < 1.29 is 0 Å². The summed E-state index contributed by atoms with van der Waals surface area (Å²) in [5.74, 6) is 1.59. The van der Waals surface area contributed by atoms with Crippen molar-refractivity contribution in [1.29, 1.82) is 0 Å². The number of nitrogens with zero attached hydrogens (tertiary/aromatic N) is 4. The van der Waals surface area contributed by atoms with Crippen molar-refractivity contribution in [2.24, 2.45) is 0 Å². The van der Waals surface area contributed by atoms with Crippen LogP contribution in [0.25, 0.3) is 0 Å². The second-order valence-corrected chi connectivity index (χ2v) is 5.19. The van der Waals surface area contributed by atoms with Crippen LogP contribution in [0.5, 0.6) is 0 Å². The lowest BCUT2D eigenvalue weighted by molar-refractivity contribution is 0.446. The molecule has 5 heteroatoms. The normalized spacial score (nSPS) is 20.2. The lowest BCUT2D eigenvalue weighted by atomic mass is 10.0. The van der Waals surface area contributed by atoms with Crippen LogP contribution in [0.1, 0.15) is 46.5 Å². The zero-order valence-corrected chi connectivity index (χ0v) is 11.6. The van der Waals surface area contributed by atoms with Gasteiger partial charge in [-0.3, -0.25) is 0 Å². The van der Waals surface area contributed by atoms with Gasteiger partial charge in [0.1, 0.15) is 0 Å². The van der Waals surface area contributed by atoms with E-state index in [1.165, 1.54) is 19.3 Å². The molecule has 1 N–H and O–H groups in total. The van der Waals surface area contributed by atoms with E-state index < -0.39 is 0 Å². The van der Waals surface area contributed by atoms with Gasteiger partial charge in [-0.15, -0.1) is 5.10 Å². The summed E-state index contributed by atoms with van der Waals surface area (Å²) in [5.41, 5.74) is 0. The quantitative estimate of drug-likeness (QED) is 0.888. The van der Waals surface area contributed by atoms with Crippen LogP contribution in [-0.2, 0) is 0 Å². The van der Waals surface area contributed by atoms with E-state index in [-0.39, 0.29) is 0 Å². The second-order valence-electron chi connectivity index (χ2n) is 5.19. The van der Waals surface area contributed by atoms with Gasteiger partial charge in [0.05, 0.1) is 6.20 Å². The van der Waals surface area contributed by atoms with E-state index >= 15 is 0 Å². The van der Waals surface area contributed by atoms with Crippen LogP contribution >= 0.6 is 0 Å². The molecule has 0 radical (unpaired) electrons. The molecule has 1 saturated heterocycles. The molecule has 1 atom stereocenters. The molecule has 1 aromatic rings. The maximum atomic E-state index is 4.58. The Morgan fingerprint density at radius 2 is 2.28 bits per heavy atom. The summed E-state index contributed by atoms with van der Waals surface area (Å²) in [6.07, 6.45) is 6.77. The number of hydrogen-bond donors (Lipinski definition) is 1. The molecule has 1 fully saturated rings. The number of nitrogens with one attached hydrogen (secondary N) is 1. The van der Waals surface area contributed by atoms with Crippen LogP contribution in [0.3, 0.4) is 0 Å². The molecule has 5 nitrogen and oxygen atoms in total. The fraction of sp³-hybridized carbons (Fsp3) is 0.769. The first-order chi connectivity index (χ1) is 8.70. The molecule has 0 bridgehead atoms. The Hall–Kier alpha value is -1.39. The third kappa shape index (κ3) is 3.09. The van der Waals surface area contributed by atoms with Crippen LogP contribution < -0.4 is 10.2 Å². The van der Waals surface area contributed by atoms with Crippen LogP contribution in [0.4, 0.5) is 11.8 Å². The smallest absolute Gasteiger partial charge is 0.244 e. The van der Waals surface area contributed by atoms with Gasteiger partial charge in [-0.1, -0.05) is 6.92 Å². The topological polar surface area (TPSA) is 53.9 Å². The summed E-state index contributed by atoms with van der Waals surface area (Å²) in [6.45, 7) is 7.47. The van der Waals surface area contributed by atoms with E-state index in [0.717, 1.165) is 18.8 Å². The standard InChI is InChI=1S/C13H23N5/c1-4-11-7-5-6-8-18(11)12-9-14-17-13(16-12)15-10(2)3/h9-11H,4-8H2,1-3H3,(H,15,16,17). The van der Waals surface area contributed by atoms with Crippen molar-refractivity contribution in [3.8, 4) is 0 Å². The van der Waals surface area contributed by atoms with Crippen LogP contribution in [0.15, 0.2) is 6.20 Å². The van der Waals surface area contributed by atoms with Crippen molar-refractivity contribution in [3.63, 3.8) is 0 Å². The average Bonchev–Trinajstić information content (AvgIpc) is 2.38. The maximum Gasteiger partial charge on any atom is 0.244 e. The molecular formula is C13H23N5. The van der Waals surface area contributed by atoms with Gasteiger partial charge in [-0.05, 0) is 39.5 Å². The van der Waals surface area contributed by atoms with Gasteiger partial charge in [0.2, 0.25) is 5.95 Å². The van der Waals surface area contributed by atoms with E-state index in [2.05, 4.69) is 46.2 Å². The predicted molar refractivity (Wildman–Crippen MR) is 73.9 cm³/mol. The summed E-state index contributed by atoms with van der Waals surface area (Å²) in [6, 6.07) is 0.924. The Bertz CT molecular complexity index is 379. The monoisotopic (exact) mass is 249 g/mol. The molecular weight excluding hydrogens is 226 g/mol. The third-order valence-electron chi connectivity index (χ3n) is 3.36. The first-order valence-corrected chi connectivity index (χ1v) is 6.93. The zero-order valence-electron chi connectivity index (χ0n) is 11.6. The highest BCUT2D eigenvalue weighted by atomic mass is 15.3. The number of anilines is 2. The van der Waals surface area contributed by atoms with E-state index in [0.29, 0.717) is 18.0 Å². The fourth-order valence-electron chi connectivity index (χ4n) is 2.48. The summed E-state index contributed by atoms with van der Waals surface area (Å²) >= 11 is 0. The predicted octanol–water partition coefficient (Wildman–Crippen LogP) is 2.46. The highest BCUT2D eigenvalue weighted by Gasteiger charge is 2.22. The van der Waals surface area contributed by atoms with Gasteiger partial charge in [0, 0.05) is 18.6 Å². The van der Waals surface area contributed by atoms with Gasteiger partial charge in [-0.2, -0.15) is 10.1 Å². The molecule has 1 aliphatic rings. The van der Waals surface area contributed by atoms with E-state index in [1.54, 1.807) is 6.20 Å². The van der Waals surface area contributed by atoms with Gasteiger partial charge < -0.3 is 10.2 Å². The lowest BCUT2D eigenvalue weighted by Crippen LogP contribution is -2.39. The zero-order chi connectivity index (χ0) is 13.0. The Balaban J connectivity index is 2.15. The minimum absolute atomic E-state index is 0.324. The maximum absolute atomic E-state index is 4.58. The Labute approximate surface area is 109 Å². The van der Waals surface area contributed by atoms with Gasteiger partial charge in [-0.25, -0.2) is 0 Å². The van der Waals surface area contributed by atoms with Crippen LogP contribution in [0, 0.1) is 0 Å². The highest BCUT2D eigenvalue weighted by Crippen LogP contribution is 2.24. The largest absolute Gasteiger partial charge is 0.352 e. The lowest BCUT2D eigenvalue weighted by Gasteiger charge is -2.35. The summed E-state index contributed by atoms with van der Waals surface area (Å²) in [5, 5.41) is 11.3. The number of aromatic nitrogens is 3. The SMILES string of the molecule is CCC1CCCCN1c1cnnc(NC(C)C)n1. The number of rotatable bonds is 4. The number of hydrogen-bond acceptors (Lipinski definition) is 5. The Kier molecular flexibility index (Phi) is 4.33. The van der Waals surface area contributed by atoms with Crippen molar-refractivity contribution >= 4 is 11.8 Å². The molecule has 0 aliphatic carbocycles. The molecule has 0 saturated carbocycles. The molecule has 2 heterocycles. The van der Waals surface area contributed by atoms with Crippen LogP contribution in [0.2, 0.25) is 0 Å². The van der Waals surface area contributed by atoms with Crippen molar-refractivity contribution in [2.45, 2.75) is 58.5 Å². The highest BCUT2D eigenvalue weighted by molar-refractivity contribution is 5.42. The van der Waals surface area contributed by atoms with Gasteiger partial charge in [0.25, 0.3) is 0 Å². The molecule has 0 spiro atoms. The third-order valence-corrected chi connectivity index (χ3v) is 3.36. The summed E-state index contributed by atoms with van der Waals surface area (Å²) < 4.78 is 0. The Morgan fingerprint density at radius 3 is 3.00 bits per heavy atom. The van der Waals surface area contributed by atoms with Crippen molar-refractivity contribution in [1.82, 2.24) is 15.2 Å². The van der Waals surface area contributed by atoms with Gasteiger partial charge in [0.15, 0.2) is 5.82 Å². The summed E-state index contributed by atoms with van der Waals surface area (Å²) in [4.78, 5) is 6.95. The van der Waals surface area contributed by atoms with E-state index in [9.17, 15) is 0 Å². The molecule has 2 rings (SSSR count). The molecule has 0 amide bonds. The van der Waals surface area contributed by atoms with E-state index in [4.69, 9.17) is 0 Å². The fourth-order valence-corrected chi connectivity index (χ4v) is 2.48. The molecule has 18 heavy (non-hydrogen) atoms. The molecule has 1 unspecified atom stereocenters. The van der Waals surface area contributed by atoms with E-state index in [1.807, 2.05) is 0 Å². The second kappa shape index (κ2) is 5.98. The summed E-state index contributed by atoms with van der Waals surface area (Å²) in [7, 11) is 0. The average molecular weight is 249 g/mol. The molecule has 1 aromatic heterocycles. The van der Waals surface area contributed by atoms with Crippen LogP contribution in [-0.4, -0.2) is 33.8 Å². The first kappa shape index (κ1) is 13.1. The number of piperidine rings is 1. The molecule has 0 aromatic carbocycles. The minimum atomic E-state index is 0.324. The van der Waals surface area contributed by atoms with Gasteiger partial charge >= 0.3 is 0 Å². The Morgan fingerprint density at radius 1 is 1.44 bits per heavy atom. The van der Waals surface area contributed by atoms with Crippen molar-refractivity contribution in [2.75, 3.05) is 16.8 Å².